The van der Waals surface area contributed by atoms with Crippen molar-refractivity contribution in [1.29, 1.82) is 0 Å². The van der Waals surface area contributed by atoms with Crippen molar-refractivity contribution in [3.05, 3.63) is 119 Å². The molecule has 49 heavy (non-hydrogen) atoms. The van der Waals surface area contributed by atoms with E-state index in [2.05, 4.69) is 89.2 Å². The van der Waals surface area contributed by atoms with E-state index in [0.29, 0.717) is 19.5 Å². The highest BCUT2D eigenvalue weighted by Gasteiger charge is 2.27. The topological polar surface area (TPSA) is 116 Å². The summed E-state index contributed by atoms with van der Waals surface area (Å²) < 4.78 is 68.3. The number of aryl methyl sites for hydroxylation is 1. The van der Waals surface area contributed by atoms with E-state index in [4.69, 9.17) is 0 Å². The molecule has 254 valence electrons. The van der Waals surface area contributed by atoms with Crippen LogP contribution in [0.25, 0.3) is 38.5 Å². The number of allylic oxidation sites excluding steroid dienone is 2. The summed E-state index contributed by atoms with van der Waals surface area (Å²) in [5.41, 5.74) is 7.34. The lowest BCUT2D eigenvalue weighted by Crippen LogP contribution is -2.36. The molecule has 2 heterocycles. The average molecular weight is 734 g/mol. The quantitative estimate of drug-likeness (QED) is 0.0917. The Bertz CT molecular complexity index is 2250. The predicted octanol–water partition coefficient (Wildman–Crippen LogP) is 8.33. The van der Waals surface area contributed by atoms with Crippen LogP contribution < -0.4 is 9.47 Å². The van der Waals surface area contributed by atoms with Crippen LogP contribution >= 0.6 is 23.1 Å². The maximum absolute atomic E-state index is 11.6. The molecule has 0 spiro atoms. The number of aromatic nitrogens is 1. The van der Waals surface area contributed by atoms with E-state index in [1.807, 2.05) is 36.4 Å². The molecule has 6 rings (SSSR count). The largest absolute Gasteiger partial charge is 0.335 e. The first kappa shape index (κ1) is 35.1. The van der Waals surface area contributed by atoms with Crippen molar-refractivity contribution in [2.75, 3.05) is 23.0 Å². The number of benzene rings is 4. The second-order valence-corrected chi connectivity index (χ2v) is 17.0. The van der Waals surface area contributed by atoms with Gasteiger partial charge in [-0.3, -0.25) is 9.11 Å². The maximum atomic E-state index is 11.6. The van der Waals surface area contributed by atoms with Gasteiger partial charge in [-0.25, -0.2) is 0 Å². The van der Waals surface area contributed by atoms with Crippen LogP contribution in [0.3, 0.4) is 0 Å². The van der Waals surface area contributed by atoms with Gasteiger partial charge in [0.15, 0.2) is 6.54 Å². The fraction of sp³-hybridized carbons (Fsp3) is 0.216. The van der Waals surface area contributed by atoms with Crippen LogP contribution in [0, 0.1) is 0 Å². The molecular formula is C37H37N2O6S4+. The molecule has 1 aromatic heterocycles. The Balaban J connectivity index is 1.39. The Labute approximate surface area is 295 Å². The van der Waals surface area contributed by atoms with Crippen molar-refractivity contribution in [3.63, 3.8) is 0 Å². The van der Waals surface area contributed by atoms with Crippen molar-refractivity contribution in [2.24, 2.45) is 0 Å². The summed E-state index contributed by atoms with van der Waals surface area (Å²) in [5, 5.41) is 1.91. The van der Waals surface area contributed by atoms with Gasteiger partial charge < -0.3 is 4.90 Å². The van der Waals surface area contributed by atoms with Gasteiger partial charge in [0.25, 0.3) is 25.2 Å². The first-order valence-corrected chi connectivity index (χ1v) is 20.8. The number of thioether (sulfide) groups is 1. The molecule has 5 aromatic rings. The van der Waals surface area contributed by atoms with Crippen LogP contribution in [-0.2, 0) is 26.8 Å². The Morgan fingerprint density at radius 3 is 2.02 bits per heavy atom. The summed E-state index contributed by atoms with van der Waals surface area (Å²) in [6, 6.07) is 32.8. The van der Waals surface area contributed by atoms with E-state index >= 15 is 0 Å². The van der Waals surface area contributed by atoms with Gasteiger partial charge in [-0.1, -0.05) is 96.8 Å². The standard InChI is InChI=1S/C37H36N2O6S4/c1-2-27(23-36-38(19-9-21-48(40,41)42)32-17-15-31(26-35(32)47-36)29-13-7-4-8-14-29)24-37-39(20-10-22-49(43,44)45)33-25-30(16-18-34(33)46-37)28-11-5-3-6-12-28/h3-8,11-18,23-26H,2,9-10,19-22H2,1H3,(H-,40,41,42,43,44,45)/p+1. The molecule has 0 amide bonds. The minimum atomic E-state index is -4.10. The van der Waals surface area contributed by atoms with Crippen molar-refractivity contribution in [1.82, 2.24) is 0 Å². The van der Waals surface area contributed by atoms with Gasteiger partial charge in [0.2, 0.25) is 5.52 Å². The number of thiazole rings is 1. The van der Waals surface area contributed by atoms with Crippen molar-refractivity contribution in [3.8, 4) is 22.3 Å². The zero-order valence-electron chi connectivity index (χ0n) is 26.9. The van der Waals surface area contributed by atoms with Gasteiger partial charge in [-0.05, 0) is 71.0 Å². The van der Waals surface area contributed by atoms with Crippen molar-refractivity contribution < 1.29 is 30.5 Å². The Morgan fingerprint density at radius 2 is 1.39 bits per heavy atom. The van der Waals surface area contributed by atoms with Gasteiger partial charge in [0, 0.05) is 30.0 Å². The third kappa shape index (κ3) is 8.88. The fourth-order valence-electron chi connectivity index (χ4n) is 5.88. The minimum absolute atomic E-state index is 0.255. The Kier molecular flexibility index (Phi) is 10.7. The van der Waals surface area contributed by atoms with Crippen LogP contribution in [0.15, 0.2) is 119 Å². The minimum Gasteiger partial charge on any atom is -0.335 e. The normalized spacial score (nSPS) is 14.6. The lowest BCUT2D eigenvalue weighted by Gasteiger charge is -2.21. The zero-order valence-corrected chi connectivity index (χ0v) is 30.2. The number of anilines is 1. The van der Waals surface area contributed by atoms with Gasteiger partial charge in [0.05, 0.1) is 22.2 Å². The molecule has 0 saturated heterocycles. The van der Waals surface area contributed by atoms with Crippen LogP contribution in [0.2, 0.25) is 0 Å². The molecule has 2 N–H and O–H groups in total. The van der Waals surface area contributed by atoms with Gasteiger partial charge in [-0.15, -0.1) is 0 Å². The molecule has 4 aromatic carbocycles. The molecule has 1 aliphatic heterocycles. The van der Waals surface area contributed by atoms with E-state index in [0.717, 1.165) is 58.7 Å². The number of rotatable bonds is 13. The molecule has 0 unspecified atom stereocenters. The first-order valence-electron chi connectivity index (χ1n) is 16.0. The Morgan fingerprint density at radius 1 is 0.776 bits per heavy atom. The van der Waals surface area contributed by atoms with Gasteiger partial charge in [0.1, 0.15) is 4.70 Å². The number of nitrogens with zero attached hydrogens (tertiary/aromatic N) is 2. The summed E-state index contributed by atoms with van der Waals surface area (Å²) in [7, 11) is -8.20. The SMILES string of the molecule is CCC(=C\c1sc2cc(-c3ccccc3)ccc2[n+]1CCCS(=O)(=O)O)/C=C1/Sc2ccc(-c3ccccc3)cc2N1CCCS(=O)(=O)O. The zero-order chi connectivity index (χ0) is 34.6. The molecule has 1 aliphatic rings. The predicted molar refractivity (Wildman–Crippen MR) is 201 cm³/mol. The number of hydrogen-bond donors (Lipinski definition) is 2. The number of hydrogen-bond acceptors (Lipinski definition) is 7. The van der Waals surface area contributed by atoms with Crippen LogP contribution in [0.4, 0.5) is 5.69 Å². The maximum Gasteiger partial charge on any atom is 0.265 e. The van der Waals surface area contributed by atoms with Crippen LogP contribution in [-0.4, -0.2) is 44.0 Å². The average Bonchev–Trinajstić information content (AvgIpc) is 3.60. The summed E-state index contributed by atoms with van der Waals surface area (Å²) in [6.45, 7) is 2.89. The smallest absolute Gasteiger partial charge is 0.265 e. The van der Waals surface area contributed by atoms with Gasteiger partial charge in [-0.2, -0.15) is 21.4 Å². The highest BCUT2D eigenvalue weighted by molar-refractivity contribution is 8.03. The van der Waals surface area contributed by atoms with E-state index in [1.54, 1.807) is 23.1 Å². The van der Waals surface area contributed by atoms with Crippen LogP contribution in [0.5, 0.6) is 0 Å². The van der Waals surface area contributed by atoms with Crippen LogP contribution in [0.1, 0.15) is 31.2 Å². The molecule has 0 fully saturated rings. The van der Waals surface area contributed by atoms with E-state index < -0.39 is 20.2 Å². The molecule has 0 saturated carbocycles. The van der Waals surface area contributed by atoms with E-state index in [9.17, 15) is 25.9 Å². The fourth-order valence-corrected chi connectivity index (χ4v) is 9.21. The third-order valence-electron chi connectivity index (χ3n) is 8.27. The molecule has 0 bridgehead atoms. The number of fused-ring (bicyclic) bond motifs is 2. The highest BCUT2D eigenvalue weighted by atomic mass is 32.2. The molecular weight excluding hydrogens is 697 g/mol. The monoisotopic (exact) mass is 733 g/mol. The summed E-state index contributed by atoms with van der Waals surface area (Å²) in [6.07, 6.45) is 5.48. The lowest BCUT2D eigenvalue weighted by atomic mass is 10.0. The molecule has 12 heteroatoms. The summed E-state index contributed by atoms with van der Waals surface area (Å²) in [5.74, 6) is -0.659. The molecule has 8 nitrogen and oxygen atoms in total. The summed E-state index contributed by atoms with van der Waals surface area (Å²) in [4.78, 5) is 3.18. The van der Waals surface area contributed by atoms with Gasteiger partial charge >= 0.3 is 0 Å². The second-order valence-electron chi connectivity index (χ2n) is 11.8. The highest BCUT2D eigenvalue weighted by Crippen LogP contribution is 2.48. The third-order valence-corrected chi connectivity index (χ3v) is 12.1. The van der Waals surface area contributed by atoms with Crippen molar-refractivity contribution in [2.45, 2.75) is 37.6 Å². The van der Waals surface area contributed by atoms with Crippen molar-refractivity contribution >= 4 is 65.3 Å². The van der Waals surface area contributed by atoms with E-state index in [1.165, 1.54) is 0 Å². The molecule has 0 atom stereocenters. The summed E-state index contributed by atoms with van der Waals surface area (Å²) >= 11 is 3.25. The lowest BCUT2D eigenvalue weighted by molar-refractivity contribution is -0.668. The van der Waals surface area contributed by atoms with E-state index in [-0.39, 0.29) is 24.3 Å². The molecule has 0 aliphatic carbocycles. The first-order chi connectivity index (χ1) is 23.5. The molecule has 0 radical (unpaired) electrons. The second kappa shape index (κ2) is 15.0. The Hall–Kier alpha value is -3.78.